The molecule has 162 valence electrons. The minimum absolute atomic E-state index is 0.0278. The molecule has 4 aromatic rings. The molecule has 5 rings (SSSR count). The Balaban J connectivity index is 1.68. The maximum absolute atomic E-state index is 11.1. The van der Waals surface area contributed by atoms with Crippen molar-refractivity contribution >= 4 is 28.8 Å². The van der Waals surface area contributed by atoms with Crippen molar-refractivity contribution < 1.29 is 9.66 Å². The predicted octanol–water partition coefficient (Wildman–Crippen LogP) is 7.30. The van der Waals surface area contributed by atoms with Crippen LogP contribution in [0.1, 0.15) is 16.4 Å². The standard InChI is InChI=1S/C27H20N2O3S/c30-29(31)21-15-17-22(18-16-21)32-26-25(19-9-3-1-4-10-19)28-23-13-7-8-14-24(23)33-27(26)20-11-5-2-6-12-20/h1-18,27-28H. The summed E-state index contributed by atoms with van der Waals surface area (Å²) in [4.78, 5) is 11.8. The van der Waals surface area contributed by atoms with Gasteiger partial charge in [-0.1, -0.05) is 72.8 Å². The highest BCUT2D eigenvalue weighted by molar-refractivity contribution is 8.00. The molecule has 1 N–H and O–H groups in total. The number of benzene rings is 4. The van der Waals surface area contributed by atoms with E-state index in [1.807, 2.05) is 60.7 Å². The molecule has 0 aliphatic carbocycles. The third kappa shape index (κ3) is 4.47. The smallest absolute Gasteiger partial charge is 0.269 e. The summed E-state index contributed by atoms with van der Waals surface area (Å²) >= 11 is 1.71. The van der Waals surface area contributed by atoms with Crippen LogP contribution in [-0.2, 0) is 0 Å². The number of fused-ring (bicyclic) bond motifs is 1. The van der Waals surface area contributed by atoms with Gasteiger partial charge in [-0.05, 0) is 29.8 Å². The number of thioether (sulfide) groups is 1. The van der Waals surface area contributed by atoms with Gasteiger partial charge < -0.3 is 10.1 Å². The van der Waals surface area contributed by atoms with Gasteiger partial charge in [0.15, 0.2) is 0 Å². The monoisotopic (exact) mass is 452 g/mol. The number of hydrogen-bond acceptors (Lipinski definition) is 5. The van der Waals surface area contributed by atoms with Crippen LogP contribution in [0.4, 0.5) is 11.4 Å². The zero-order valence-corrected chi connectivity index (χ0v) is 18.4. The van der Waals surface area contributed by atoms with Crippen molar-refractivity contribution in [2.75, 3.05) is 5.32 Å². The van der Waals surface area contributed by atoms with E-state index in [9.17, 15) is 10.1 Å². The summed E-state index contributed by atoms with van der Waals surface area (Å²) < 4.78 is 6.51. The lowest BCUT2D eigenvalue weighted by Gasteiger charge is -2.22. The molecular formula is C27H20N2O3S. The fraction of sp³-hybridized carbons (Fsp3) is 0.0370. The van der Waals surface area contributed by atoms with Crippen molar-refractivity contribution in [3.8, 4) is 5.75 Å². The molecule has 1 heterocycles. The maximum Gasteiger partial charge on any atom is 0.269 e. The molecule has 5 nitrogen and oxygen atoms in total. The van der Waals surface area contributed by atoms with Crippen molar-refractivity contribution in [2.24, 2.45) is 0 Å². The molecule has 0 radical (unpaired) electrons. The summed E-state index contributed by atoms with van der Waals surface area (Å²) in [5.41, 5.74) is 3.99. The normalized spacial score (nSPS) is 15.2. The third-order valence-corrected chi connectivity index (χ3v) is 6.65. The van der Waals surface area contributed by atoms with Gasteiger partial charge in [-0.25, -0.2) is 0 Å². The summed E-state index contributed by atoms with van der Waals surface area (Å²) in [6, 6.07) is 34.7. The molecule has 0 spiro atoms. The van der Waals surface area contributed by atoms with E-state index in [4.69, 9.17) is 4.74 Å². The van der Waals surface area contributed by atoms with Crippen LogP contribution in [0.2, 0.25) is 0 Å². The second-order valence-electron chi connectivity index (χ2n) is 7.49. The summed E-state index contributed by atoms with van der Waals surface area (Å²) in [5.74, 6) is 1.28. The van der Waals surface area contributed by atoms with Gasteiger partial charge in [0.05, 0.1) is 21.6 Å². The van der Waals surface area contributed by atoms with E-state index in [1.54, 1.807) is 23.9 Å². The summed E-state index contributed by atoms with van der Waals surface area (Å²) in [6.07, 6.45) is 0. The fourth-order valence-electron chi connectivity index (χ4n) is 3.71. The molecule has 1 aliphatic heterocycles. The van der Waals surface area contributed by atoms with Crippen LogP contribution >= 0.6 is 11.8 Å². The molecule has 6 heteroatoms. The van der Waals surface area contributed by atoms with Crippen LogP contribution in [0.5, 0.6) is 5.75 Å². The average molecular weight is 453 g/mol. The Morgan fingerprint density at radius 2 is 1.42 bits per heavy atom. The summed E-state index contributed by atoms with van der Waals surface area (Å²) in [5, 5.41) is 14.6. The Morgan fingerprint density at radius 3 is 2.12 bits per heavy atom. The summed E-state index contributed by atoms with van der Waals surface area (Å²) in [7, 11) is 0. The number of para-hydroxylation sites is 1. The molecule has 4 aromatic carbocycles. The van der Waals surface area contributed by atoms with Gasteiger partial charge in [0.2, 0.25) is 0 Å². The van der Waals surface area contributed by atoms with Gasteiger partial charge >= 0.3 is 0 Å². The number of hydrogen-bond donors (Lipinski definition) is 1. The first kappa shape index (κ1) is 20.8. The first-order valence-electron chi connectivity index (χ1n) is 10.5. The molecule has 0 saturated carbocycles. The quantitative estimate of drug-likeness (QED) is 0.254. The molecule has 0 amide bonds. The highest BCUT2D eigenvalue weighted by Gasteiger charge is 2.29. The maximum atomic E-state index is 11.1. The Bertz CT molecular complexity index is 1310. The van der Waals surface area contributed by atoms with Crippen molar-refractivity contribution in [3.63, 3.8) is 0 Å². The number of nitrogens with one attached hydrogen (secondary N) is 1. The average Bonchev–Trinajstić information content (AvgIpc) is 3.03. The molecule has 1 aliphatic rings. The summed E-state index contributed by atoms with van der Waals surface area (Å²) in [6.45, 7) is 0. The first-order valence-corrected chi connectivity index (χ1v) is 11.4. The zero-order valence-electron chi connectivity index (χ0n) is 17.5. The predicted molar refractivity (Wildman–Crippen MR) is 132 cm³/mol. The fourth-order valence-corrected chi connectivity index (χ4v) is 4.94. The van der Waals surface area contributed by atoms with Crippen LogP contribution in [0.15, 0.2) is 120 Å². The third-order valence-electron chi connectivity index (χ3n) is 5.32. The number of anilines is 1. The van der Waals surface area contributed by atoms with Crippen LogP contribution in [0.25, 0.3) is 5.70 Å². The van der Waals surface area contributed by atoms with Gasteiger partial charge in [0.1, 0.15) is 11.5 Å². The highest BCUT2D eigenvalue weighted by atomic mass is 32.2. The zero-order chi connectivity index (χ0) is 22.6. The van der Waals surface area contributed by atoms with Crippen molar-refractivity contribution in [3.05, 3.63) is 136 Å². The van der Waals surface area contributed by atoms with E-state index in [2.05, 4.69) is 29.6 Å². The van der Waals surface area contributed by atoms with E-state index in [1.165, 1.54) is 12.1 Å². The number of nitro benzene ring substituents is 1. The largest absolute Gasteiger partial charge is 0.458 e. The van der Waals surface area contributed by atoms with E-state index in [0.717, 1.165) is 33.2 Å². The second kappa shape index (κ2) is 9.22. The van der Waals surface area contributed by atoms with Gasteiger partial charge in [-0.3, -0.25) is 10.1 Å². The minimum atomic E-state index is -0.412. The topological polar surface area (TPSA) is 64.4 Å². The van der Waals surface area contributed by atoms with E-state index in [0.29, 0.717) is 5.75 Å². The Labute approximate surface area is 195 Å². The van der Waals surface area contributed by atoms with Crippen LogP contribution in [-0.4, -0.2) is 4.92 Å². The molecule has 1 unspecified atom stereocenters. The lowest BCUT2D eigenvalue weighted by atomic mass is 10.0. The van der Waals surface area contributed by atoms with Crippen molar-refractivity contribution in [1.29, 1.82) is 0 Å². The number of non-ortho nitro benzene ring substituents is 1. The number of ether oxygens (including phenoxy) is 1. The molecule has 33 heavy (non-hydrogen) atoms. The Morgan fingerprint density at radius 1 is 0.788 bits per heavy atom. The van der Waals surface area contributed by atoms with Crippen LogP contribution in [0.3, 0.4) is 0 Å². The molecule has 0 fully saturated rings. The number of nitrogens with zero attached hydrogens (tertiary/aromatic N) is 1. The van der Waals surface area contributed by atoms with Gasteiger partial charge in [-0.15, -0.1) is 11.8 Å². The minimum Gasteiger partial charge on any atom is -0.458 e. The first-order chi connectivity index (χ1) is 16.2. The van der Waals surface area contributed by atoms with E-state index < -0.39 is 4.92 Å². The Kier molecular flexibility index (Phi) is 5.83. The molecule has 0 bridgehead atoms. The van der Waals surface area contributed by atoms with Crippen molar-refractivity contribution in [2.45, 2.75) is 10.1 Å². The molecule has 0 saturated heterocycles. The molecule has 1 atom stereocenters. The SMILES string of the molecule is O=[N+]([O-])c1ccc(OC2=C(c3ccccc3)Nc3ccccc3SC2c2ccccc2)cc1. The van der Waals surface area contributed by atoms with Crippen molar-refractivity contribution in [1.82, 2.24) is 0 Å². The molecule has 0 aromatic heterocycles. The van der Waals surface area contributed by atoms with E-state index >= 15 is 0 Å². The van der Waals surface area contributed by atoms with Gasteiger partial charge in [0, 0.05) is 22.6 Å². The lowest BCUT2D eigenvalue weighted by molar-refractivity contribution is -0.384. The van der Waals surface area contributed by atoms with Gasteiger partial charge in [0.25, 0.3) is 5.69 Å². The van der Waals surface area contributed by atoms with Gasteiger partial charge in [-0.2, -0.15) is 0 Å². The molecular weight excluding hydrogens is 432 g/mol. The van der Waals surface area contributed by atoms with Crippen LogP contribution < -0.4 is 10.1 Å². The second-order valence-corrected chi connectivity index (χ2v) is 8.64. The Hall–Kier alpha value is -4.03. The number of nitro groups is 1. The highest BCUT2D eigenvalue weighted by Crippen LogP contribution is 2.49. The van der Waals surface area contributed by atoms with Crippen LogP contribution in [0, 0.1) is 10.1 Å². The van der Waals surface area contributed by atoms with E-state index in [-0.39, 0.29) is 10.9 Å². The lowest BCUT2D eigenvalue weighted by Crippen LogP contribution is -2.11. The number of rotatable bonds is 5.